The number of hydrogen-bond acceptors (Lipinski definition) is 27. The van der Waals surface area contributed by atoms with E-state index in [1.165, 1.54) is 0 Å². The number of hydrogen-bond donors (Lipinski definition) is 1. The first kappa shape index (κ1) is 78.5. The molecular weight excluding hydrogens is 1070 g/mol. The summed E-state index contributed by atoms with van der Waals surface area (Å²) in [6.45, 7) is 27.8. The highest BCUT2D eigenvalue weighted by molar-refractivity contribution is 5.69. The minimum absolute atomic E-state index is 0.224. The highest BCUT2D eigenvalue weighted by atomic mass is 16.6. The van der Waals surface area contributed by atoms with E-state index in [1.54, 1.807) is 0 Å². The second kappa shape index (κ2) is 70.0. The molecule has 0 unspecified atom stereocenters. The van der Waals surface area contributed by atoms with Crippen LogP contribution in [0.1, 0.15) is 27.2 Å². The Bertz CT molecular complexity index is 1160. The summed E-state index contributed by atoms with van der Waals surface area (Å²) < 4.78 is 131. The number of carbonyl (C=O) groups excluding carboxylic acids is 1. The van der Waals surface area contributed by atoms with Crippen molar-refractivity contribution in [2.75, 3.05) is 311 Å². The van der Waals surface area contributed by atoms with Crippen LogP contribution in [0, 0.1) is 0 Å². The summed E-state index contributed by atoms with van der Waals surface area (Å²) in [4.78, 5) is 16.0. The molecule has 0 amide bonds. The molecule has 27 nitrogen and oxygen atoms in total. The Kier molecular flexibility index (Phi) is 68.6. The first-order valence-corrected chi connectivity index (χ1v) is 28.3. The average molecular weight is 1170 g/mol. The molecule has 0 aliphatic carbocycles. The van der Waals surface area contributed by atoms with Gasteiger partial charge in [0.2, 0.25) is 0 Å². The van der Waals surface area contributed by atoms with E-state index < -0.39 is 5.60 Å². The van der Waals surface area contributed by atoms with Gasteiger partial charge >= 0.3 is 5.97 Å². The maximum absolute atomic E-state index is 11.6. The van der Waals surface area contributed by atoms with Crippen LogP contribution in [0.4, 0.5) is 0 Å². The van der Waals surface area contributed by atoms with Crippen molar-refractivity contribution in [1.29, 1.82) is 0 Å². The van der Waals surface area contributed by atoms with Crippen LogP contribution < -0.4 is 5.90 Å². The van der Waals surface area contributed by atoms with Gasteiger partial charge in [0, 0.05) is 0 Å². The van der Waals surface area contributed by atoms with E-state index in [0.717, 1.165) is 0 Å². The van der Waals surface area contributed by atoms with Crippen molar-refractivity contribution in [1.82, 2.24) is 0 Å². The van der Waals surface area contributed by atoms with Crippen LogP contribution >= 0.6 is 0 Å². The Balaban J connectivity index is 3.10. The number of carbonyl (C=O) groups is 1. The summed E-state index contributed by atoms with van der Waals surface area (Å²) in [5.41, 5.74) is -0.483. The van der Waals surface area contributed by atoms with Crippen LogP contribution in [-0.4, -0.2) is 322 Å². The first-order valence-electron chi connectivity index (χ1n) is 28.3. The third kappa shape index (κ3) is 74.5. The fourth-order valence-electron chi connectivity index (χ4n) is 5.60. The standard InChI is InChI=1S/C53H107NO26/c1-53(2,3)80-52(55)4-5-56-6-7-57-8-9-58-10-11-59-12-13-60-14-15-61-16-17-62-18-19-63-20-21-64-22-23-65-24-25-66-26-27-67-28-29-68-30-31-69-32-33-70-34-35-71-36-37-72-38-39-73-40-41-74-42-43-75-44-45-76-46-47-77-48-49-78-50-51-79-54/h4-51,54H2,1-3H3. The fourth-order valence-corrected chi connectivity index (χ4v) is 5.60. The zero-order valence-corrected chi connectivity index (χ0v) is 49.1. The van der Waals surface area contributed by atoms with Gasteiger partial charge in [-0.2, -0.15) is 0 Å². The lowest BCUT2D eigenvalue weighted by Gasteiger charge is -2.19. The van der Waals surface area contributed by atoms with E-state index in [4.69, 9.17) is 120 Å². The summed E-state index contributed by atoms with van der Waals surface area (Å²) in [6.07, 6.45) is 0.224. The molecule has 0 heterocycles. The van der Waals surface area contributed by atoms with Gasteiger partial charge in [-0.25, -0.2) is 5.90 Å². The van der Waals surface area contributed by atoms with Gasteiger partial charge in [0.15, 0.2) is 0 Å². The van der Waals surface area contributed by atoms with E-state index in [1.807, 2.05) is 20.8 Å². The summed E-state index contributed by atoms with van der Waals surface area (Å²) in [7, 11) is 0. The number of esters is 1. The van der Waals surface area contributed by atoms with Gasteiger partial charge in [-0.1, -0.05) is 0 Å². The Morgan fingerprint density at radius 1 is 0.212 bits per heavy atom. The first-order chi connectivity index (χ1) is 39.5. The molecule has 0 aromatic carbocycles. The molecule has 0 radical (unpaired) electrons. The zero-order chi connectivity index (χ0) is 57.7. The third-order valence-electron chi connectivity index (χ3n) is 9.40. The van der Waals surface area contributed by atoms with E-state index in [0.29, 0.717) is 311 Å². The van der Waals surface area contributed by atoms with Crippen LogP contribution in [0.3, 0.4) is 0 Å². The van der Waals surface area contributed by atoms with Gasteiger partial charge in [0.25, 0.3) is 0 Å². The SMILES string of the molecule is CC(C)(C)OC(=O)CCOCCOCCOCCOCCOCCOCCOCCOCCOCCOCCOCCOCCOCCOCCOCCOCCOCCOCCOCCOCCOCCOCCOCCON. The lowest BCUT2D eigenvalue weighted by molar-refractivity contribution is -0.156. The molecule has 0 spiro atoms. The Morgan fingerprint density at radius 2 is 0.325 bits per heavy atom. The largest absolute Gasteiger partial charge is 0.460 e. The highest BCUT2D eigenvalue weighted by Crippen LogP contribution is 2.08. The lowest BCUT2D eigenvalue weighted by atomic mass is 10.2. The summed E-state index contributed by atoms with van der Waals surface area (Å²) in [6, 6.07) is 0. The smallest absolute Gasteiger partial charge is 0.308 e. The van der Waals surface area contributed by atoms with Crippen molar-refractivity contribution < 1.29 is 123 Å². The fraction of sp³-hybridized carbons (Fsp3) is 0.981. The van der Waals surface area contributed by atoms with Crippen molar-refractivity contribution in [3.8, 4) is 0 Å². The highest BCUT2D eigenvalue weighted by Gasteiger charge is 2.15. The maximum Gasteiger partial charge on any atom is 0.308 e. The Labute approximate surface area is 477 Å². The van der Waals surface area contributed by atoms with E-state index in [-0.39, 0.29) is 12.4 Å². The van der Waals surface area contributed by atoms with Gasteiger partial charge in [0.1, 0.15) is 5.60 Å². The topological polar surface area (TPSA) is 274 Å². The van der Waals surface area contributed by atoms with Gasteiger partial charge in [-0.05, 0) is 20.8 Å². The molecule has 0 saturated carbocycles. The minimum atomic E-state index is -0.483. The molecule has 0 aliphatic rings. The molecule has 0 saturated heterocycles. The average Bonchev–Trinajstić information content (AvgIpc) is 3.44. The normalized spacial score (nSPS) is 11.9. The van der Waals surface area contributed by atoms with Crippen molar-refractivity contribution >= 4 is 5.97 Å². The molecule has 0 atom stereocenters. The number of rotatable bonds is 72. The van der Waals surface area contributed by atoms with Crippen LogP contribution in [0.15, 0.2) is 0 Å². The van der Waals surface area contributed by atoms with Gasteiger partial charge < -0.3 is 119 Å². The molecule has 0 aliphatic heterocycles. The molecule has 0 aromatic rings. The third-order valence-corrected chi connectivity index (χ3v) is 9.40. The molecule has 27 heteroatoms. The Hall–Kier alpha value is -1.53. The second-order valence-corrected chi connectivity index (χ2v) is 17.3. The van der Waals surface area contributed by atoms with Crippen molar-refractivity contribution in [3.63, 3.8) is 0 Å². The molecule has 0 fully saturated rings. The monoisotopic (exact) mass is 1170 g/mol. The minimum Gasteiger partial charge on any atom is -0.460 e. The van der Waals surface area contributed by atoms with Crippen LogP contribution in [-0.2, 0) is 123 Å². The Morgan fingerprint density at radius 3 is 0.438 bits per heavy atom. The lowest BCUT2D eigenvalue weighted by Crippen LogP contribution is -2.24. The number of ether oxygens (including phenoxy) is 24. The van der Waals surface area contributed by atoms with Crippen molar-refractivity contribution in [2.45, 2.75) is 32.8 Å². The maximum atomic E-state index is 11.6. The summed E-state index contributed by atoms with van der Waals surface area (Å²) >= 11 is 0. The molecule has 480 valence electrons. The summed E-state index contributed by atoms with van der Waals surface area (Å²) in [5.74, 6) is 4.64. The zero-order valence-electron chi connectivity index (χ0n) is 49.1. The van der Waals surface area contributed by atoms with Gasteiger partial charge in [-0.15, -0.1) is 0 Å². The molecular formula is C53H107NO26. The van der Waals surface area contributed by atoms with E-state index in [2.05, 4.69) is 4.84 Å². The van der Waals surface area contributed by atoms with Crippen LogP contribution in [0.5, 0.6) is 0 Å². The molecule has 0 bridgehead atoms. The van der Waals surface area contributed by atoms with Crippen LogP contribution in [0.25, 0.3) is 0 Å². The van der Waals surface area contributed by atoms with E-state index >= 15 is 0 Å². The molecule has 0 rings (SSSR count). The van der Waals surface area contributed by atoms with Crippen molar-refractivity contribution in [3.05, 3.63) is 0 Å². The second-order valence-electron chi connectivity index (χ2n) is 17.3. The predicted molar refractivity (Wildman–Crippen MR) is 289 cm³/mol. The predicted octanol–water partition coefficient (Wildman–Crippen LogP) is 0.990. The molecule has 2 N–H and O–H groups in total. The van der Waals surface area contributed by atoms with Gasteiger partial charge in [0.05, 0.1) is 317 Å². The van der Waals surface area contributed by atoms with Crippen LogP contribution in [0.2, 0.25) is 0 Å². The quantitative estimate of drug-likeness (QED) is 0.0505. The number of nitrogens with two attached hydrogens (primary N) is 1. The molecule has 0 aromatic heterocycles. The summed E-state index contributed by atoms with van der Waals surface area (Å²) in [5, 5.41) is 0. The van der Waals surface area contributed by atoms with Crippen molar-refractivity contribution in [2.24, 2.45) is 5.90 Å². The molecule has 80 heavy (non-hydrogen) atoms. The van der Waals surface area contributed by atoms with Gasteiger partial charge in [-0.3, -0.25) is 4.79 Å². The van der Waals surface area contributed by atoms with E-state index in [9.17, 15) is 4.79 Å².